The number of H-pyrrole nitrogens is 1. The second kappa shape index (κ2) is 2.87. The third kappa shape index (κ3) is 1.72. The Morgan fingerprint density at radius 2 is 2.31 bits per heavy atom. The predicted octanol–water partition coefficient (Wildman–Crippen LogP) is 2.78. The molecule has 0 unspecified atom stereocenters. The number of nitrogens with zero attached hydrogens (tertiary/aromatic N) is 1. The predicted molar refractivity (Wildman–Crippen MR) is 54.1 cm³/mol. The zero-order chi connectivity index (χ0) is 9.31. The average molecular weight is 174 g/mol. The van der Waals surface area contributed by atoms with Crippen molar-refractivity contribution in [3.8, 4) is 0 Å². The quantitative estimate of drug-likeness (QED) is 0.696. The topological polar surface area (TPSA) is 28.7 Å². The first-order valence-corrected chi connectivity index (χ1v) is 4.57. The highest BCUT2D eigenvalue weighted by Gasteiger charge is 2.17. The molecule has 1 N–H and O–H groups in total. The van der Waals surface area contributed by atoms with E-state index >= 15 is 0 Å². The lowest BCUT2D eigenvalue weighted by Crippen LogP contribution is -2.09. The minimum absolute atomic E-state index is 0.267. The molecule has 0 fully saturated rings. The van der Waals surface area contributed by atoms with E-state index in [1.807, 2.05) is 12.3 Å². The molecular weight excluding hydrogens is 160 g/mol. The molecule has 2 heteroatoms. The maximum Gasteiger partial charge on any atom is 0.0917 e. The van der Waals surface area contributed by atoms with Crippen molar-refractivity contribution in [3.63, 3.8) is 0 Å². The fraction of sp³-hybridized carbons (Fsp3) is 0.364. The second-order valence-electron chi connectivity index (χ2n) is 4.15. The summed E-state index contributed by atoms with van der Waals surface area (Å²) in [6, 6.07) is 2.00. The van der Waals surface area contributed by atoms with Crippen LogP contribution in [0.1, 0.15) is 26.0 Å². The lowest BCUT2D eigenvalue weighted by Gasteiger charge is -2.22. The standard InChI is InChI=1S/C11H14N2/c1-11(2)6-3-4-9(8-11)10-5-7-12-13-10/h3-5,7-8H,6H2,1-2H3,(H,12,13). The van der Waals surface area contributed by atoms with Gasteiger partial charge in [-0.3, -0.25) is 5.10 Å². The van der Waals surface area contributed by atoms with Gasteiger partial charge in [0, 0.05) is 6.20 Å². The van der Waals surface area contributed by atoms with Crippen molar-refractivity contribution in [1.82, 2.24) is 10.2 Å². The van der Waals surface area contributed by atoms with Crippen LogP contribution in [0.2, 0.25) is 0 Å². The van der Waals surface area contributed by atoms with E-state index in [1.165, 1.54) is 5.57 Å². The molecule has 1 aromatic rings. The Hall–Kier alpha value is -1.31. The summed E-state index contributed by atoms with van der Waals surface area (Å²) in [4.78, 5) is 0. The third-order valence-electron chi connectivity index (χ3n) is 2.28. The van der Waals surface area contributed by atoms with E-state index in [4.69, 9.17) is 0 Å². The van der Waals surface area contributed by atoms with Gasteiger partial charge in [-0.15, -0.1) is 0 Å². The van der Waals surface area contributed by atoms with Gasteiger partial charge in [0.2, 0.25) is 0 Å². The Bertz CT molecular complexity index is 342. The summed E-state index contributed by atoms with van der Waals surface area (Å²) in [5.41, 5.74) is 2.52. The Labute approximate surface area is 78.4 Å². The SMILES string of the molecule is CC1(C)C=C(c2cc[nH]n2)C=CC1. The maximum atomic E-state index is 4.16. The highest BCUT2D eigenvalue weighted by Crippen LogP contribution is 2.32. The summed E-state index contributed by atoms with van der Waals surface area (Å²) in [5, 5.41) is 6.99. The largest absolute Gasteiger partial charge is 0.285 e. The van der Waals surface area contributed by atoms with Gasteiger partial charge in [-0.05, 0) is 23.5 Å². The van der Waals surface area contributed by atoms with Crippen LogP contribution in [-0.4, -0.2) is 10.2 Å². The highest BCUT2D eigenvalue weighted by atomic mass is 15.1. The van der Waals surface area contributed by atoms with Crippen LogP contribution in [0.5, 0.6) is 0 Å². The van der Waals surface area contributed by atoms with Crippen molar-refractivity contribution in [1.29, 1.82) is 0 Å². The van der Waals surface area contributed by atoms with E-state index < -0.39 is 0 Å². The molecule has 2 rings (SSSR count). The molecule has 0 amide bonds. The van der Waals surface area contributed by atoms with Crippen LogP contribution in [0, 0.1) is 5.41 Å². The van der Waals surface area contributed by atoms with Gasteiger partial charge in [0.25, 0.3) is 0 Å². The van der Waals surface area contributed by atoms with Gasteiger partial charge in [-0.1, -0.05) is 32.1 Å². The van der Waals surface area contributed by atoms with E-state index in [0.717, 1.165) is 12.1 Å². The molecule has 1 aromatic heterocycles. The number of nitrogens with one attached hydrogen (secondary N) is 1. The summed E-state index contributed by atoms with van der Waals surface area (Å²) in [6.45, 7) is 4.48. The molecule has 0 radical (unpaired) electrons. The van der Waals surface area contributed by atoms with Crippen molar-refractivity contribution in [2.45, 2.75) is 20.3 Å². The lowest BCUT2D eigenvalue weighted by atomic mass is 9.83. The van der Waals surface area contributed by atoms with E-state index in [2.05, 4.69) is 42.3 Å². The summed E-state index contributed by atoms with van der Waals surface area (Å²) in [5.74, 6) is 0. The van der Waals surface area contributed by atoms with Gasteiger partial charge in [-0.25, -0.2) is 0 Å². The highest BCUT2D eigenvalue weighted by molar-refractivity contribution is 5.73. The van der Waals surface area contributed by atoms with Gasteiger partial charge in [0.05, 0.1) is 5.69 Å². The van der Waals surface area contributed by atoms with E-state index in [1.54, 1.807) is 0 Å². The Balaban J connectivity index is 2.35. The second-order valence-corrected chi connectivity index (χ2v) is 4.15. The van der Waals surface area contributed by atoms with E-state index in [9.17, 15) is 0 Å². The van der Waals surface area contributed by atoms with Crippen LogP contribution in [-0.2, 0) is 0 Å². The van der Waals surface area contributed by atoms with Gasteiger partial charge in [0.1, 0.15) is 0 Å². The smallest absolute Gasteiger partial charge is 0.0917 e. The van der Waals surface area contributed by atoms with Crippen molar-refractivity contribution in [2.75, 3.05) is 0 Å². The average Bonchev–Trinajstić information content (AvgIpc) is 2.53. The Morgan fingerprint density at radius 1 is 1.46 bits per heavy atom. The van der Waals surface area contributed by atoms with E-state index in [-0.39, 0.29) is 5.41 Å². The summed E-state index contributed by atoms with van der Waals surface area (Å²) in [7, 11) is 0. The Morgan fingerprint density at radius 3 is 2.92 bits per heavy atom. The zero-order valence-corrected chi connectivity index (χ0v) is 8.04. The first-order valence-electron chi connectivity index (χ1n) is 4.57. The van der Waals surface area contributed by atoms with Gasteiger partial charge in [0.15, 0.2) is 0 Å². The molecule has 0 bridgehead atoms. The van der Waals surface area contributed by atoms with Gasteiger partial charge in [-0.2, -0.15) is 5.10 Å². The molecule has 1 aliphatic rings. The van der Waals surface area contributed by atoms with Crippen molar-refractivity contribution >= 4 is 5.57 Å². The molecule has 1 aliphatic carbocycles. The molecule has 0 aliphatic heterocycles. The first-order chi connectivity index (χ1) is 6.17. The van der Waals surface area contributed by atoms with Gasteiger partial charge < -0.3 is 0 Å². The number of hydrogen-bond acceptors (Lipinski definition) is 1. The first kappa shape index (κ1) is 8.30. The van der Waals surface area contributed by atoms with Crippen molar-refractivity contribution in [3.05, 3.63) is 36.2 Å². The maximum absolute atomic E-state index is 4.16. The molecule has 1 heterocycles. The summed E-state index contributed by atoms with van der Waals surface area (Å²) in [6.07, 6.45) is 9.60. The van der Waals surface area contributed by atoms with Crippen molar-refractivity contribution < 1.29 is 0 Å². The van der Waals surface area contributed by atoms with Gasteiger partial charge >= 0.3 is 0 Å². The van der Waals surface area contributed by atoms with Crippen LogP contribution >= 0.6 is 0 Å². The van der Waals surface area contributed by atoms with Crippen LogP contribution in [0.3, 0.4) is 0 Å². The number of allylic oxidation sites excluding steroid dienone is 4. The minimum atomic E-state index is 0.267. The van der Waals surface area contributed by atoms with Crippen LogP contribution in [0.4, 0.5) is 0 Å². The van der Waals surface area contributed by atoms with E-state index in [0.29, 0.717) is 0 Å². The third-order valence-corrected chi connectivity index (χ3v) is 2.28. The van der Waals surface area contributed by atoms with Crippen LogP contribution in [0.15, 0.2) is 30.5 Å². The Kier molecular flexibility index (Phi) is 1.83. The summed E-state index contributed by atoms with van der Waals surface area (Å²) < 4.78 is 0. The normalized spacial score (nSPS) is 20.0. The zero-order valence-electron chi connectivity index (χ0n) is 8.04. The van der Waals surface area contributed by atoms with Crippen molar-refractivity contribution in [2.24, 2.45) is 5.41 Å². The number of rotatable bonds is 1. The molecule has 68 valence electrons. The molecule has 0 spiro atoms. The molecule has 0 saturated heterocycles. The molecule has 13 heavy (non-hydrogen) atoms. The number of aromatic nitrogens is 2. The molecular formula is C11H14N2. The monoisotopic (exact) mass is 174 g/mol. The summed E-state index contributed by atoms with van der Waals surface area (Å²) >= 11 is 0. The molecule has 2 nitrogen and oxygen atoms in total. The minimum Gasteiger partial charge on any atom is -0.285 e. The molecule has 0 saturated carbocycles. The number of hydrogen-bond donors (Lipinski definition) is 1. The fourth-order valence-electron chi connectivity index (χ4n) is 1.60. The molecule has 0 aromatic carbocycles. The van der Waals surface area contributed by atoms with Crippen LogP contribution < -0.4 is 0 Å². The van der Waals surface area contributed by atoms with Crippen LogP contribution in [0.25, 0.3) is 5.57 Å². The number of aromatic amines is 1. The lowest BCUT2D eigenvalue weighted by molar-refractivity contribution is 0.486. The fourth-order valence-corrected chi connectivity index (χ4v) is 1.60. The molecule has 0 atom stereocenters.